The molecule has 0 aliphatic heterocycles. The molecule has 3 aromatic carbocycles. The van der Waals surface area contributed by atoms with Gasteiger partial charge in [-0.25, -0.2) is 0 Å². The molecule has 0 saturated heterocycles. The number of carbonyl (C=O) groups excluding carboxylic acids is 3. The van der Waals surface area contributed by atoms with Crippen LogP contribution in [0.4, 0.5) is 5.69 Å². The molecular weight excluding hydrogens is 571 g/mol. The first-order valence-electron chi connectivity index (χ1n) is 12.7. The molecule has 0 bridgehead atoms. The number of amides is 2. The molecule has 12 heteroatoms. The Hall–Kier alpha value is -3.99. The second kappa shape index (κ2) is 17.0. The minimum absolute atomic E-state index is 0.0101. The number of carbonyl (C=O) groups is 3. The lowest BCUT2D eigenvalue weighted by atomic mass is 9.98. The molecule has 10 nitrogen and oxygen atoms in total. The highest BCUT2D eigenvalue weighted by atomic mass is 35.5. The second-order valence-corrected chi connectivity index (χ2v) is 9.57. The van der Waals surface area contributed by atoms with Crippen molar-refractivity contribution in [3.05, 3.63) is 97.5 Å². The maximum Gasteiger partial charge on any atom is 0.292 e. The number of rotatable bonds is 12. The van der Waals surface area contributed by atoms with Crippen molar-refractivity contribution in [3.8, 4) is 11.1 Å². The Morgan fingerprint density at radius 2 is 1.61 bits per heavy atom. The third-order valence-corrected chi connectivity index (χ3v) is 6.57. The van der Waals surface area contributed by atoms with Crippen LogP contribution in [0.15, 0.2) is 60.7 Å². The van der Waals surface area contributed by atoms with Gasteiger partial charge in [-0.15, -0.1) is 0 Å². The molecule has 0 aliphatic carbocycles. The fraction of sp³-hybridized carbons (Fsp3) is 0.276. The summed E-state index contributed by atoms with van der Waals surface area (Å²) in [6.07, 6.45) is 0.649. The molecule has 3 aromatic rings. The standard InChI is InChI=1S/C27H28Cl2N4O4.C2H4O2/c1-3-24(21-15-20(33(36)37)10-9-17(21)2)32-16-25(34)30-11-12-31-27(35)26-22(28)13-19(14-23(26)29)18-7-5-4-6-8-18;1-4-2-3/h4-10,13-15,24,32H,3,11-12,16H2,1-2H3,(H,30,34)(H,31,35);2H,1H3. The van der Waals surface area contributed by atoms with E-state index in [0.717, 1.165) is 22.3 Å². The summed E-state index contributed by atoms with van der Waals surface area (Å²) in [5.41, 5.74) is 3.61. The zero-order valence-electron chi connectivity index (χ0n) is 22.9. The summed E-state index contributed by atoms with van der Waals surface area (Å²) in [7, 11) is 1.31. The fourth-order valence-electron chi connectivity index (χ4n) is 3.92. The van der Waals surface area contributed by atoms with Crippen molar-refractivity contribution >= 4 is 47.2 Å². The van der Waals surface area contributed by atoms with Gasteiger partial charge >= 0.3 is 0 Å². The molecule has 0 spiro atoms. The normalized spacial score (nSPS) is 11.0. The molecule has 0 aliphatic rings. The number of aryl methyl sites for hydroxylation is 1. The van der Waals surface area contributed by atoms with Crippen LogP contribution in [-0.2, 0) is 14.3 Å². The first-order chi connectivity index (χ1) is 19.6. The van der Waals surface area contributed by atoms with Gasteiger partial charge in [0.2, 0.25) is 5.91 Å². The Balaban J connectivity index is 0.00000138. The Labute approximate surface area is 248 Å². The smallest absolute Gasteiger partial charge is 0.292 e. The highest BCUT2D eigenvalue weighted by Gasteiger charge is 2.18. The topological polar surface area (TPSA) is 140 Å². The Kier molecular flexibility index (Phi) is 13.7. The first kappa shape index (κ1) is 33.2. The number of nitrogens with zero attached hydrogens (tertiary/aromatic N) is 1. The minimum Gasteiger partial charge on any atom is -0.471 e. The van der Waals surface area contributed by atoms with Gasteiger partial charge in [0.1, 0.15) is 0 Å². The molecule has 1 atom stereocenters. The maximum absolute atomic E-state index is 12.6. The minimum atomic E-state index is -0.436. The fourth-order valence-corrected chi connectivity index (χ4v) is 4.58. The zero-order valence-corrected chi connectivity index (χ0v) is 24.4. The molecule has 0 heterocycles. The van der Waals surface area contributed by atoms with E-state index in [4.69, 9.17) is 28.0 Å². The van der Waals surface area contributed by atoms with Crippen LogP contribution in [0, 0.1) is 17.0 Å². The van der Waals surface area contributed by atoms with Crippen molar-refractivity contribution < 1.29 is 24.0 Å². The summed E-state index contributed by atoms with van der Waals surface area (Å²) in [6.45, 7) is 4.59. The van der Waals surface area contributed by atoms with E-state index in [0.29, 0.717) is 12.9 Å². The van der Waals surface area contributed by atoms with Crippen LogP contribution < -0.4 is 16.0 Å². The maximum atomic E-state index is 12.6. The Bertz CT molecular complexity index is 1330. The summed E-state index contributed by atoms with van der Waals surface area (Å²) in [5.74, 6) is -0.701. The van der Waals surface area contributed by atoms with Crippen molar-refractivity contribution in [2.75, 3.05) is 26.7 Å². The molecule has 2 amide bonds. The van der Waals surface area contributed by atoms with Crippen molar-refractivity contribution in [2.45, 2.75) is 26.3 Å². The highest BCUT2D eigenvalue weighted by Crippen LogP contribution is 2.31. The van der Waals surface area contributed by atoms with E-state index in [-0.39, 0.29) is 52.9 Å². The third kappa shape index (κ3) is 10.2. The lowest BCUT2D eigenvalue weighted by Crippen LogP contribution is -2.40. The van der Waals surface area contributed by atoms with E-state index in [1.807, 2.05) is 44.2 Å². The lowest BCUT2D eigenvalue weighted by molar-refractivity contribution is -0.385. The molecule has 1 unspecified atom stereocenters. The number of benzene rings is 3. The van der Waals surface area contributed by atoms with E-state index in [9.17, 15) is 19.7 Å². The number of hydrogen-bond acceptors (Lipinski definition) is 7. The van der Waals surface area contributed by atoms with Crippen LogP contribution in [0.1, 0.15) is 40.9 Å². The first-order valence-corrected chi connectivity index (χ1v) is 13.4. The van der Waals surface area contributed by atoms with Gasteiger partial charge in [-0.3, -0.25) is 24.5 Å². The van der Waals surface area contributed by atoms with Gasteiger partial charge in [0.15, 0.2) is 0 Å². The molecule has 0 fully saturated rings. The molecule has 3 N–H and O–H groups in total. The Morgan fingerprint density at radius 1 is 1.00 bits per heavy atom. The predicted molar refractivity (Wildman–Crippen MR) is 159 cm³/mol. The predicted octanol–water partition coefficient (Wildman–Crippen LogP) is 5.25. The quantitative estimate of drug-likeness (QED) is 0.111. The van der Waals surface area contributed by atoms with Crippen LogP contribution in [0.3, 0.4) is 0 Å². The molecule has 218 valence electrons. The van der Waals surface area contributed by atoms with E-state index >= 15 is 0 Å². The average molecular weight is 604 g/mol. The molecule has 0 aromatic heterocycles. The van der Waals surface area contributed by atoms with E-state index < -0.39 is 10.8 Å². The monoisotopic (exact) mass is 602 g/mol. The summed E-state index contributed by atoms with van der Waals surface area (Å²) in [6, 6.07) is 17.4. The van der Waals surface area contributed by atoms with Crippen LogP contribution in [0.25, 0.3) is 11.1 Å². The second-order valence-electron chi connectivity index (χ2n) is 8.76. The summed E-state index contributed by atoms with van der Waals surface area (Å²) >= 11 is 12.7. The van der Waals surface area contributed by atoms with Crippen molar-refractivity contribution in [1.82, 2.24) is 16.0 Å². The number of nitrogens with one attached hydrogen (secondary N) is 3. The van der Waals surface area contributed by atoms with E-state index in [1.54, 1.807) is 18.2 Å². The largest absolute Gasteiger partial charge is 0.471 e. The molecule has 0 radical (unpaired) electrons. The summed E-state index contributed by atoms with van der Waals surface area (Å²) in [5, 5.41) is 20.2. The number of ether oxygens (including phenoxy) is 1. The van der Waals surface area contributed by atoms with Gasteiger partial charge < -0.3 is 20.7 Å². The molecule has 41 heavy (non-hydrogen) atoms. The number of halogens is 2. The van der Waals surface area contributed by atoms with E-state index in [2.05, 4.69) is 20.7 Å². The third-order valence-electron chi connectivity index (χ3n) is 5.97. The average Bonchev–Trinajstić information content (AvgIpc) is 2.96. The van der Waals surface area contributed by atoms with Crippen LogP contribution in [0.2, 0.25) is 10.0 Å². The van der Waals surface area contributed by atoms with Crippen molar-refractivity contribution in [2.24, 2.45) is 0 Å². The van der Waals surface area contributed by atoms with Gasteiger partial charge in [0, 0.05) is 31.3 Å². The van der Waals surface area contributed by atoms with Crippen LogP contribution in [0.5, 0.6) is 0 Å². The number of hydrogen-bond donors (Lipinski definition) is 3. The van der Waals surface area contributed by atoms with Gasteiger partial charge in [-0.2, -0.15) is 0 Å². The van der Waals surface area contributed by atoms with Gasteiger partial charge in [0.05, 0.1) is 34.2 Å². The van der Waals surface area contributed by atoms with Crippen molar-refractivity contribution in [1.29, 1.82) is 0 Å². The number of methoxy groups -OCH3 is 1. The van der Waals surface area contributed by atoms with Crippen LogP contribution >= 0.6 is 23.2 Å². The lowest BCUT2D eigenvalue weighted by Gasteiger charge is -2.19. The van der Waals surface area contributed by atoms with Gasteiger partial charge in [-0.1, -0.05) is 66.5 Å². The molecule has 0 saturated carbocycles. The number of nitro groups is 1. The van der Waals surface area contributed by atoms with Crippen LogP contribution in [-0.4, -0.2) is 50.0 Å². The summed E-state index contributed by atoms with van der Waals surface area (Å²) in [4.78, 5) is 44.6. The van der Waals surface area contributed by atoms with Crippen molar-refractivity contribution in [3.63, 3.8) is 0 Å². The molecule has 3 rings (SSSR count). The van der Waals surface area contributed by atoms with Gasteiger partial charge in [-0.05, 0) is 47.7 Å². The van der Waals surface area contributed by atoms with E-state index in [1.165, 1.54) is 19.2 Å². The van der Waals surface area contributed by atoms with Gasteiger partial charge in [0.25, 0.3) is 18.1 Å². The SMILES string of the molecule is CCC(NCC(=O)NCCNC(=O)c1c(Cl)cc(-c2ccccc2)cc1Cl)c1cc([N+](=O)[O-])ccc1C.COC=O. The zero-order chi connectivity index (χ0) is 30.4. The molecular formula is C29H32Cl2N4O6. The Morgan fingerprint density at radius 3 is 2.17 bits per heavy atom. The summed E-state index contributed by atoms with van der Waals surface area (Å²) < 4.78 is 3.86. The number of non-ortho nitro benzene ring substituents is 1. The number of nitro benzene ring substituents is 1. The highest BCUT2D eigenvalue weighted by molar-refractivity contribution is 6.40.